The zero-order valence-electron chi connectivity index (χ0n) is 14.0. The minimum absolute atomic E-state index is 0.0345. The summed E-state index contributed by atoms with van der Waals surface area (Å²) in [5.41, 5.74) is 1.86. The predicted molar refractivity (Wildman–Crippen MR) is 94.8 cm³/mol. The van der Waals surface area contributed by atoms with Crippen molar-refractivity contribution in [1.29, 1.82) is 0 Å². The molecule has 0 spiro atoms. The molecule has 3 nitrogen and oxygen atoms in total. The molecule has 1 rings (SSSR count). The van der Waals surface area contributed by atoms with Crippen LogP contribution in [-0.2, 0) is 0 Å². The van der Waals surface area contributed by atoms with E-state index < -0.39 is 0 Å². The quantitative estimate of drug-likeness (QED) is 0.493. The highest BCUT2D eigenvalue weighted by Crippen LogP contribution is 2.25. The summed E-state index contributed by atoms with van der Waals surface area (Å²) in [4.78, 5) is 14.3. The Labute approximate surface area is 134 Å². The lowest BCUT2D eigenvalue weighted by molar-refractivity contribution is 0.270. The lowest BCUT2D eigenvalue weighted by atomic mass is 9.96. The van der Waals surface area contributed by atoms with Gasteiger partial charge in [0.2, 0.25) is 5.43 Å². The van der Waals surface area contributed by atoms with E-state index in [0.29, 0.717) is 10.4 Å². The summed E-state index contributed by atoms with van der Waals surface area (Å²) in [5, 5.41) is 3.29. The second-order valence-corrected chi connectivity index (χ2v) is 6.49. The van der Waals surface area contributed by atoms with Crippen LogP contribution in [0.5, 0.6) is 0 Å². The van der Waals surface area contributed by atoms with Gasteiger partial charge in [-0.15, -0.1) is 0 Å². The van der Waals surface area contributed by atoms with Gasteiger partial charge in [0.05, 0.1) is 10.2 Å². The predicted octanol–water partition coefficient (Wildman–Crippen LogP) is 4.09. The molecule has 0 unspecified atom stereocenters. The van der Waals surface area contributed by atoms with Crippen LogP contribution in [0, 0.1) is 4.51 Å². The highest BCUT2D eigenvalue weighted by molar-refractivity contribution is 7.71. The van der Waals surface area contributed by atoms with E-state index in [0.717, 1.165) is 30.8 Å². The Kier molecular flexibility index (Phi) is 8.12. The van der Waals surface area contributed by atoms with Crippen molar-refractivity contribution in [2.24, 2.45) is 0 Å². The Balaban J connectivity index is 2.30. The molecule has 0 radical (unpaired) electrons. The van der Waals surface area contributed by atoms with Crippen molar-refractivity contribution in [3.63, 3.8) is 0 Å². The Hall–Kier alpha value is -0.740. The maximum atomic E-state index is 11.7. The Bertz CT molecular complexity index is 483. The first-order chi connectivity index (χ1) is 10.0. The summed E-state index contributed by atoms with van der Waals surface area (Å²) in [7, 11) is 0. The fourth-order valence-electron chi connectivity index (χ4n) is 2.78. The number of unbranched alkanes of at least 4 members (excludes halogenated alkanes) is 1. The third kappa shape index (κ3) is 5.19. The molecule has 0 atom stereocenters. The van der Waals surface area contributed by atoms with Gasteiger partial charge in [-0.3, -0.25) is 4.79 Å². The molecule has 1 aromatic rings. The van der Waals surface area contributed by atoms with Gasteiger partial charge >= 0.3 is 0 Å². The number of nitrogens with one attached hydrogen (secondary N) is 1. The summed E-state index contributed by atoms with van der Waals surface area (Å²) < 4.78 is 0.532. The fourth-order valence-corrected chi connectivity index (χ4v) is 3.22. The van der Waals surface area contributed by atoms with Crippen LogP contribution in [-0.4, -0.2) is 31.1 Å². The average molecular weight is 311 g/mol. The van der Waals surface area contributed by atoms with Crippen molar-refractivity contribution in [2.45, 2.75) is 59.3 Å². The normalized spacial score (nSPS) is 11.7. The molecule has 0 aliphatic rings. The summed E-state index contributed by atoms with van der Waals surface area (Å²) in [5.74, 6) is 0.335. The molecule has 21 heavy (non-hydrogen) atoms. The van der Waals surface area contributed by atoms with Gasteiger partial charge in [0.25, 0.3) is 0 Å². The summed E-state index contributed by atoms with van der Waals surface area (Å²) in [6.07, 6.45) is 4.71. The first-order valence-corrected chi connectivity index (χ1v) is 8.73. The molecule has 0 saturated heterocycles. The first kappa shape index (κ1) is 18.3. The molecular weight excluding hydrogens is 280 g/mol. The fraction of sp³-hybridized carbons (Fsp3) is 0.765. The molecule has 0 bridgehead atoms. The van der Waals surface area contributed by atoms with Gasteiger partial charge in [-0.05, 0) is 51.2 Å². The van der Waals surface area contributed by atoms with E-state index in [1.165, 1.54) is 32.4 Å². The van der Waals surface area contributed by atoms with Crippen LogP contribution in [0.15, 0.2) is 4.79 Å². The maximum absolute atomic E-state index is 11.7. The average Bonchev–Trinajstić information content (AvgIpc) is 2.44. The number of hydrogen-bond donors (Lipinski definition) is 1. The van der Waals surface area contributed by atoms with E-state index in [4.69, 9.17) is 12.2 Å². The van der Waals surface area contributed by atoms with Gasteiger partial charge in [0, 0.05) is 12.1 Å². The SMILES string of the molecule is CCCN(CCC)CCCCNc1c(C(C)C)c(=S)c1=O. The second kappa shape index (κ2) is 9.31. The van der Waals surface area contributed by atoms with Gasteiger partial charge in [-0.1, -0.05) is 39.9 Å². The Morgan fingerprint density at radius 2 is 1.71 bits per heavy atom. The third-order valence-corrected chi connectivity index (χ3v) is 4.21. The van der Waals surface area contributed by atoms with E-state index in [9.17, 15) is 4.79 Å². The number of hydrogen-bond acceptors (Lipinski definition) is 4. The number of nitrogens with zero attached hydrogens (tertiary/aromatic N) is 1. The highest BCUT2D eigenvalue weighted by Gasteiger charge is 2.19. The molecule has 0 amide bonds. The van der Waals surface area contributed by atoms with Crippen LogP contribution in [0.4, 0.5) is 5.69 Å². The molecule has 0 heterocycles. The van der Waals surface area contributed by atoms with E-state index in [1.807, 2.05) is 0 Å². The molecule has 0 aromatic heterocycles. The summed E-state index contributed by atoms with van der Waals surface area (Å²) >= 11 is 5.12. The molecule has 0 aliphatic heterocycles. The molecular formula is C17H30N2OS. The van der Waals surface area contributed by atoms with Gasteiger partial charge in [0.15, 0.2) is 0 Å². The van der Waals surface area contributed by atoms with Crippen LogP contribution in [0.2, 0.25) is 0 Å². The molecule has 4 heteroatoms. The van der Waals surface area contributed by atoms with Gasteiger partial charge in [-0.25, -0.2) is 0 Å². The van der Waals surface area contributed by atoms with Crippen molar-refractivity contribution >= 4 is 17.9 Å². The van der Waals surface area contributed by atoms with Gasteiger partial charge < -0.3 is 10.2 Å². The van der Waals surface area contributed by atoms with Crippen molar-refractivity contribution in [3.05, 3.63) is 20.3 Å². The number of rotatable bonds is 11. The maximum Gasteiger partial charge on any atom is 0.220 e. The molecule has 120 valence electrons. The van der Waals surface area contributed by atoms with Gasteiger partial charge in [-0.2, -0.15) is 0 Å². The van der Waals surface area contributed by atoms with Crippen molar-refractivity contribution in [3.8, 4) is 0 Å². The molecule has 0 saturated carbocycles. The van der Waals surface area contributed by atoms with E-state index in [-0.39, 0.29) is 5.43 Å². The zero-order valence-corrected chi connectivity index (χ0v) is 14.8. The monoisotopic (exact) mass is 310 g/mol. The first-order valence-electron chi connectivity index (χ1n) is 8.32. The second-order valence-electron chi connectivity index (χ2n) is 6.08. The largest absolute Gasteiger partial charge is 0.382 e. The molecule has 0 aliphatic carbocycles. The van der Waals surface area contributed by atoms with Gasteiger partial charge in [0.1, 0.15) is 0 Å². The van der Waals surface area contributed by atoms with Crippen molar-refractivity contribution in [1.82, 2.24) is 4.90 Å². The van der Waals surface area contributed by atoms with Crippen LogP contribution in [0.25, 0.3) is 0 Å². The lowest BCUT2D eigenvalue weighted by Crippen LogP contribution is -2.27. The minimum atomic E-state index is 0.0345. The highest BCUT2D eigenvalue weighted by atomic mass is 32.1. The van der Waals surface area contributed by atoms with E-state index in [1.54, 1.807) is 0 Å². The topological polar surface area (TPSA) is 32.3 Å². The molecule has 1 aromatic carbocycles. The Morgan fingerprint density at radius 3 is 2.24 bits per heavy atom. The number of anilines is 1. The van der Waals surface area contributed by atoms with Crippen LogP contribution < -0.4 is 10.7 Å². The van der Waals surface area contributed by atoms with Crippen molar-refractivity contribution in [2.75, 3.05) is 31.5 Å². The lowest BCUT2D eigenvalue weighted by Gasteiger charge is -2.21. The minimum Gasteiger partial charge on any atom is -0.382 e. The zero-order chi connectivity index (χ0) is 15.8. The van der Waals surface area contributed by atoms with Crippen LogP contribution in [0.3, 0.4) is 0 Å². The van der Waals surface area contributed by atoms with E-state index >= 15 is 0 Å². The molecule has 1 N–H and O–H groups in total. The summed E-state index contributed by atoms with van der Waals surface area (Å²) in [6, 6.07) is 0. The summed E-state index contributed by atoms with van der Waals surface area (Å²) in [6.45, 7) is 13.0. The molecule has 0 fully saturated rings. The Morgan fingerprint density at radius 1 is 1.10 bits per heavy atom. The third-order valence-electron chi connectivity index (χ3n) is 3.81. The van der Waals surface area contributed by atoms with E-state index in [2.05, 4.69) is 37.9 Å². The van der Waals surface area contributed by atoms with Crippen LogP contribution >= 0.6 is 12.2 Å². The smallest absolute Gasteiger partial charge is 0.220 e. The van der Waals surface area contributed by atoms with Crippen molar-refractivity contribution < 1.29 is 0 Å². The standard InChI is InChI=1S/C17H30N2OS/c1-5-10-19(11-6-2)12-8-7-9-18-15-14(13(3)4)17(21)16(15)20/h13,18H,5-12H2,1-4H3. The van der Waals surface area contributed by atoms with Crippen LogP contribution in [0.1, 0.15) is 64.9 Å².